The van der Waals surface area contributed by atoms with Crippen LogP contribution in [-0.4, -0.2) is 25.8 Å². The second kappa shape index (κ2) is 6.22. The fourth-order valence-corrected chi connectivity index (χ4v) is 2.05. The number of nitrogens with one attached hydrogen (secondary N) is 1. The van der Waals surface area contributed by atoms with Gasteiger partial charge in [0, 0.05) is 12.6 Å². The fourth-order valence-electron chi connectivity index (χ4n) is 2.05. The summed E-state index contributed by atoms with van der Waals surface area (Å²) in [5.41, 5.74) is -0.248. The number of rotatable bonds is 5. The molecule has 92 valence electrons. The highest BCUT2D eigenvalue weighted by atomic mass is 16.5. The summed E-state index contributed by atoms with van der Waals surface area (Å²) in [5, 5.41) is 12.2. The number of hydrogen-bond donors (Lipinski definition) is 1. The largest absolute Gasteiger partial charge is 0.378 e. The smallest absolute Gasteiger partial charge is 0.0684 e. The second-order valence-electron chi connectivity index (χ2n) is 5.38. The second-order valence-corrected chi connectivity index (χ2v) is 5.38. The SMILES string of the molecule is CNC1CCC(OCCC(C)(C)C#N)CC1. The molecule has 0 amide bonds. The first kappa shape index (κ1) is 13.5. The Kier molecular flexibility index (Phi) is 5.24. The van der Waals surface area contributed by atoms with Crippen LogP contribution in [0.3, 0.4) is 0 Å². The van der Waals surface area contributed by atoms with Crippen molar-refractivity contribution in [2.45, 2.75) is 58.1 Å². The van der Waals surface area contributed by atoms with Crippen LogP contribution in [0.2, 0.25) is 0 Å². The molecular formula is C13H24N2O. The summed E-state index contributed by atoms with van der Waals surface area (Å²) in [7, 11) is 2.03. The van der Waals surface area contributed by atoms with Gasteiger partial charge in [-0.25, -0.2) is 0 Å². The van der Waals surface area contributed by atoms with Crippen molar-refractivity contribution in [3.63, 3.8) is 0 Å². The maximum Gasteiger partial charge on any atom is 0.0684 e. The molecule has 0 aromatic rings. The molecule has 0 aromatic carbocycles. The van der Waals surface area contributed by atoms with E-state index < -0.39 is 0 Å². The van der Waals surface area contributed by atoms with Crippen LogP contribution in [0.4, 0.5) is 0 Å². The van der Waals surface area contributed by atoms with Crippen LogP contribution >= 0.6 is 0 Å². The summed E-state index contributed by atoms with van der Waals surface area (Å²) in [6.45, 7) is 4.65. The highest BCUT2D eigenvalue weighted by Gasteiger charge is 2.22. The molecule has 0 spiro atoms. The van der Waals surface area contributed by atoms with Crippen molar-refractivity contribution in [2.75, 3.05) is 13.7 Å². The van der Waals surface area contributed by atoms with Gasteiger partial charge in [-0.2, -0.15) is 5.26 Å². The van der Waals surface area contributed by atoms with Gasteiger partial charge in [-0.15, -0.1) is 0 Å². The first-order valence-corrected chi connectivity index (χ1v) is 6.27. The summed E-state index contributed by atoms with van der Waals surface area (Å²) in [4.78, 5) is 0. The third kappa shape index (κ3) is 4.51. The number of ether oxygens (including phenoxy) is 1. The summed E-state index contributed by atoms with van der Waals surface area (Å²) >= 11 is 0. The van der Waals surface area contributed by atoms with Gasteiger partial charge in [0.1, 0.15) is 0 Å². The number of nitrogens with zero attached hydrogens (tertiary/aromatic N) is 1. The minimum atomic E-state index is -0.248. The van der Waals surface area contributed by atoms with E-state index in [9.17, 15) is 0 Å². The Hall–Kier alpha value is -0.590. The quantitative estimate of drug-likeness (QED) is 0.780. The summed E-state index contributed by atoms with van der Waals surface area (Å²) in [6.07, 6.45) is 5.97. The Labute approximate surface area is 99.2 Å². The van der Waals surface area contributed by atoms with Gasteiger partial charge in [-0.05, 0) is 53.0 Å². The normalized spacial score (nSPS) is 26.4. The van der Waals surface area contributed by atoms with E-state index in [1.165, 1.54) is 12.8 Å². The monoisotopic (exact) mass is 224 g/mol. The van der Waals surface area contributed by atoms with E-state index in [2.05, 4.69) is 11.4 Å². The summed E-state index contributed by atoms with van der Waals surface area (Å²) < 4.78 is 5.83. The summed E-state index contributed by atoms with van der Waals surface area (Å²) in [5.74, 6) is 0. The van der Waals surface area contributed by atoms with Crippen molar-refractivity contribution in [1.29, 1.82) is 5.26 Å². The molecule has 0 aromatic heterocycles. The van der Waals surface area contributed by atoms with Crippen LogP contribution in [0.25, 0.3) is 0 Å². The van der Waals surface area contributed by atoms with Gasteiger partial charge >= 0.3 is 0 Å². The Morgan fingerprint density at radius 3 is 2.44 bits per heavy atom. The van der Waals surface area contributed by atoms with Crippen LogP contribution in [0.5, 0.6) is 0 Å². The maximum atomic E-state index is 8.88. The van der Waals surface area contributed by atoms with Crippen LogP contribution in [0.1, 0.15) is 46.0 Å². The molecule has 3 nitrogen and oxygen atoms in total. The fraction of sp³-hybridized carbons (Fsp3) is 0.923. The van der Waals surface area contributed by atoms with Crippen LogP contribution in [0.15, 0.2) is 0 Å². The van der Waals surface area contributed by atoms with Crippen LogP contribution < -0.4 is 5.32 Å². The van der Waals surface area contributed by atoms with Gasteiger partial charge in [0.2, 0.25) is 0 Å². The molecular weight excluding hydrogens is 200 g/mol. The van der Waals surface area contributed by atoms with E-state index in [1.54, 1.807) is 0 Å². The lowest BCUT2D eigenvalue weighted by molar-refractivity contribution is 0.0140. The Morgan fingerprint density at radius 1 is 1.31 bits per heavy atom. The van der Waals surface area contributed by atoms with Gasteiger partial charge in [0.05, 0.1) is 17.6 Å². The van der Waals surface area contributed by atoms with Crippen LogP contribution in [-0.2, 0) is 4.74 Å². The highest BCUT2D eigenvalue weighted by molar-refractivity contribution is 4.91. The molecule has 0 bridgehead atoms. The average molecular weight is 224 g/mol. The number of nitriles is 1. The highest BCUT2D eigenvalue weighted by Crippen LogP contribution is 2.23. The Balaban J connectivity index is 2.14. The minimum Gasteiger partial charge on any atom is -0.378 e. The molecule has 0 unspecified atom stereocenters. The average Bonchev–Trinajstić information content (AvgIpc) is 2.30. The first-order chi connectivity index (χ1) is 7.57. The van der Waals surface area contributed by atoms with Gasteiger partial charge in [-0.1, -0.05) is 0 Å². The zero-order valence-corrected chi connectivity index (χ0v) is 10.8. The van der Waals surface area contributed by atoms with Gasteiger partial charge in [0.15, 0.2) is 0 Å². The molecule has 1 saturated carbocycles. The van der Waals surface area contributed by atoms with E-state index in [1.807, 2.05) is 20.9 Å². The molecule has 1 fully saturated rings. The van der Waals surface area contributed by atoms with Crippen LogP contribution in [0, 0.1) is 16.7 Å². The van der Waals surface area contributed by atoms with E-state index in [4.69, 9.17) is 10.00 Å². The van der Waals surface area contributed by atoms with Gasteiger partial charge in [0.25, 0.3) is 0 Å². The third-order valence-electron chi connectivity index (χ3n) is 3.47. The van der Waals surface area contributed by atoms with Crippen molar-refractivity contribution in [3.05, 3.63) is 0 Å². The molecule has 3 heteroatoms. The first-order valence-electron chi connectivity index (χ1n) is 6.27. The lowest BCUT2D eigenvalue weighted by atomic mass is 9.91. The predicted octanol–water partition coefficient (Wildman–Crippen LogP) is 2.47. The maximum absolute atomic E-state index is 8.88. The molecule has 0 aliphatic heterocycles. The Bertz CT molecular complexity index is 237. The van der Waals surface area contributed by atoms with E-state index in [0.29, 0.717) is 12.1 Å². The molecule has 1 aliphatic carbocycles. The molecule has 1 aliphatic rings. The predicted molar refractivity (Wildman–Crippen MR) is 65.1 cm³/mol. The lowest BCUT2D eigenvalue weighted by Crippen LogP contribution is -2.33. The van der Waals surface area contributed by atoms with Gasteiger partial charge in [-0.3, -0.25) is 0 Å². The van der Waals surface area contributed by atoms with Crippen molar-refractivity contribution in [3.8, 4) is 6.07 Å². The summed E-state index contributed by atoms with van der Waals surface area (Å²) in [6, 6.07) is 2.98. The van der Waals surface area contributed by atoms with Crippen molar-refractivity contribution in [1.82, 2.24) is 5.32 Å². The minimum absolute atomic E-state index is 0.248. The third-order valence-corrected chi connectivity index (χ3v) is 3.47. The molecule has 1 rings (SSSR count). The molecule has 0 saturated heterocycles. The topological polar surface area (TPSA) is 45.0 Å². The molecule has 1 N–H and O–H groups in total. The van der Waals surface area contributed by atoms with Crippen molar-refractivity contribution >= 4 is 0 Å². The Morgan fingerprint density at radius 2 is 1.94 bits per heavy atom. The van der Waals surface area contributed by atoms with Gasteiger partial charge < -0.3 is 10.1 Å². The molecule has 0 heterocycles. The molecule has 16 heavy (non-hydrogen) atoms. The molecule has 0 atom stereocenters. The van der Waals surface area contributed by atoms with E-state index in [0.717, 1.165) is 25.9 Å². The van der Waals surface area contributed by atoms with E-state index in [-0.39, 0.29) is 5.41 Å². The molecule has 0 radical (unpaired) electrons. The standard InChI is InChI=1S/C13H24N2O/c1-13(2,10-14)8-9-16-12-6-4-11(15-3)5-7-12/h11-12,15H,4-9H2,1-3H3. The number of hydrogen-bond acceptors (Lipinski definition) is 3. The lowest BCUT2D eigenvalue weighted by Gasteiger charge is -2.28. The van der Waals surface area contributed by atoms with Crippen molar-refractivity contribution < 1.29 is 4.74 Å². The van der Waals surface area contributed by atoms with E-state index >= 15 is 0 Å². The van der Waals surface area contributed by atoms with Crippen molar-refractivity contribution in [2.24, 2.45) is 5.41 Å². The zero-order valence-electron chi connectivity index (χ0n) is 10.8. The zero-order chi connectivity index (χ0) is 12.0.